The quantitative estimate of drug-likeness (QED) is 0.546. The predicted octanol–water partition coefficient (Wildman–Crippen LogP) is 0.460. The number of para-hydroxylation sites is 1. The molecule has 1 aromatic carbocycles. The number of rotatable bonds is 0. The summed E-state index contributed by atoms with van der Waals surface area (Å²) < 4.78 is 0. The van der Waals surface area contributed by atoms with E-state index in [4.69, 9.17) is 0 Å². The first-order valence-corrected chi connectivity index (χ1v) is 3.73. The molecule has 12 heavy (non-hydrogen) atoms. The molecule has 1 unspecified atom stereocenters. The SMILES string of the molecule is CC1=N[NH+]([O-])c2ccccc2N1. The van der Waals surface area contributed by atoms with Gasteiger partial charge in [-0.2, -0.15) is 0 Å². The zero-order valence-electron chi connectivity index (χ0n) is 6.66. The standard InChI is InChI=1S/C8H9N3O/c1-6-9-7-4-2-3-5-8(7)11(12)10-6/h2-5,11H,1H3,(H,9,10). The summed E-state index contributed by atoms with van der Waals surface area (Å²) in [7, 11) is 0. The van der Waals surface area contributed by atoms with Crippen molar-refractivity contribution in [1.29, 1.82) is 0 Å². The minimum atomic E-state index is -0.165. The van der Waals surface area contributed by atoms with Gasteiger partial charge in [-0.3, -0.25) is 0 Å². The fourth-order valence-corrected chi connectivity index (χ4v) is 1.21. The lowest BCUT2D eigenvalue weighted by atomic mass is 10.2. The van der Waals surface area contributed by atoms with Gasteiger partial charge in [0, 0.05) is 6.07 Å². The molecule has 2 rings (SSSR count). The van der Waals surface area contributed by atoms with Crippen molar-refractivity contribution in [3.05, 3.63) is 29.5 Å². The third kappa shape index (κ3) is 1.07. The van der Waals surface area contributed by atoms with Gasteiger partial charge in [0.1, 0.15) is 5.69 Å². The molecule has 62 valence electrons. The monoisotopic (exact) mass is 163 g/mol. The van der Waals surface area contributed by atoms with Crippen LogP contribution in [-0.2, 0) is 0 Å². The highest BCUT2D eigenvalue weighted by Crippen LogP contribution is 2.18. The molecule has 1 atom stereocenters. The minimum Gasteiger partial charge on any atom is -0.601 e. The maximum Gasteiger partial charge on any atom is 0.181 e. The summed E-state index contributed by atoms with van der Waals surface area (Å²) in [6.07, 6.45) is 0. The molecule has 0 spiro atoms. The van der Waals surface area contributed by atoms with Gasteiger partial charge in [0.15, 0.2) is 11.5 Å². The van der Waals surface area contributed by atoms with Gasteiger partial charge in [-0.25, -0.2) is 5.17 Å². The highest BCUT2D eigenvalue weighted by molar-refractivity contribution is 5.96. The molecule has 0 saturated carbocycles. The van der Waals surface area contributed by atoms with Gasteiger partial charge in [-0.1, -0.05) is 17.2 Å². The van der Waals surface area contributed by atoms with Crippen LogP contribution in [0, 0.1) is 5.21 Å². The van der Waals surface area contributed by atoms with Crippen molar-refractivity contribution >= 4 is 17.2 Å². The van der Waals surface area contributed by atoms with Crippen LogP contribution in [0.1, 0.15) is 6.92 Å². The molecule has 2 N–H and O–H groups in total. The van der Waals surface area contributed by atoms with E-state index in [-0.39, 0.29) is 5.17 Å². The number of hydrogen-bond acceptors (Lipinski definition) is 3. The Morgan fingerprint density at radius 2 is 2.17 bits per heavy atom. The summed E-state index contributed by atoms with van der Waals surface area (Å²) in [5, 5.41) is 17.9. The average molecular weight is 163 g/mol. The van der Waals surface area contributed by atoms with Crippen LogP contribution in [0.5, 0.6) is 0 Å². The van der Waals surface area contributed by atoms with Crippen molar-refractivity contribution in [2.24, 2.45) is 5.10 Å². The molecular weight excluding hydrogens is 154 g/mol. The summed E-state index contributed by atoms with van der Waals surface area (Å²) in [4.78, 5) is 0. The second kappa shape index (κ2) is 2.58. The van der Waals surface area contributed by atoms with E-state index in [0.717, 1.165) is 5.69 Å². The Bertz CT molecular complexity index is 335. The molecule has 1 aliphatic rings. The Morgan fingerprint density at radius 1 is 1.42 bits per heavy atom. The van der Waals surface area contributed by atoms with Crippen LogP contribution in [-0.4, -0.2) is 5.84 Å². The highest BCUT2D eigenvalue weighted by Gasteiger charge is 2.14. The first-order chi connectivity index (χ1) is 5.77. The molecule has 0 aliphatic carbocycles. The molecule has 0 aromatic heterocycles. The molecular formula is C8H9N3O. The number of benzene rings is 1. The van der Waals surface area contributed by atoms with E-state index in [2.05, 4.69) is 10.4 Å². The van der Waals surface area contributed by atoms with Crippen LogP contribution in [0.3, 0.4) is 0 Å². The molecule has 4 heteroatoms. The number of nitrogens with one attached hydrogen (secondary N) is 2. The summed E-state index contributed by atoms with van der Waals surface area (Å²) >= 11 is 0. The Kier molecular flexibility index (Phi) is 1.56. The van der Waals surface area contributed by atoms with E-state index in [1.165, 1.54) is 0 Å². The van der Waals surface area contributed by atoms with Gasteiger partial charge in [-0.05, 0) is 13.0 Å². The number of amidine groups is 1. The summed E-state index contributed by atoms with van der Waals surface area (Å²) in [6.45, 7) is 1.77. The third-order valence-electron chi connectivity index (χ3n) is 1.74. The summed E-state index contributed by atoms with van der Waals surface area (Å²) in [5.41, 5.74) is 1.48. The van der Waals surface area contributed by atoms with Gasteiger partial charge < -0.3 is 10.5 Å². The number of nitrogens with zero attached hydrogens (tertiary/aromatic N) is 1. The van der Waals surface area contributed by atoms with Crippen LogP contribution >= 0.6 is 0 Å². The van der Waals surface area contributed by atoms with E-state index in [1.807, 2.05) is 18.2 Å². The van der Waals surface area contributed by atoms with E-state index in [0.29, 0.717) is 11.5 Å². The van der Waals surface area contributed by atoms with Crippen LogP contribution in [0.15, 0.2) is 29.4 Å². The maximum atomic E-state index is 11.3. The van der Waals surface area contributed by atoms with Gasteiger partial charge in [0.2, 0.25) is 0 Å². The van der Waals surface area contributed by atoms with E-state index < -0.39 is 0 Å². The lowest BCUT2D eigenvalue weighted by Crippen LogP contribution is -2.98. The minimum absolute atomic E-state index is 0.165. The Morgan fingerprint density at radius 3 is 3.00 bits per heavy atom. The van der Waals surface area contributed by atoms with Crippen LogP contribution in [0.2, 0.25) is 0 Å². The van der Waals surface area contributed by atoms with Crippen LogP contribution < -0.4 is 10.5 Å². The summed E-state index contributed by atoms with van der Waals surface area (Å²) in [6, 6.07) is 7.35. The third-order valence-corrected chi connectivity index (χ3v) is 1.74. The van der Waals surface area contributed by atoms with Gasteiger partial charge in [-0.15, -0.1) is 0 Å². The second-order valence-electron chi connectivity index (χ2n) is 2.67. The van der Waals surface area contributed by atoms with Crippen LogP contribution in [0.25, 0.3) is 0 Å². The van der Waals surface area contributed by atoms with Crippen molar-refractivity contribution in [3.8, 4) is 0 Å². The zero-order chi connectivity index (χ0) is 8.55. The topological polar surface area (TPSA) is 51.9 Å². The lowest BCUT2D eigenvalue weighted by molar-refractivity contribution is -0.783. The number of anilines is 1. The second-order valence-corrected chi connectivity index (χ2v) is 2.67. The smallest absolute Gasteiger partial charge is 0.181 e. The number of fused-ring (bicyclic) bond motifs is 1. The van der Waals surface area contributed by atoms with Crippen LogP contribution in [0.4, 0.5) is 11.4 Å². The van der Waals surface area contributed by atoms with Crippen molar-refractivity contribution in [1.82, 2.24) is 0 Å². The fourth-order valence-electron chi connectivity index (χ4n) is 1.21. The Hall–Kier alpha value is -1.39. The number of quaternary nitrogens is 1. The van der Waals surface area contributed by atoms with Gasteiger partial charge >= 0.3 is 0 Å². The molecule has 0 radical (unpaired) electrons. The first kappa shape index (κ1) is 7.27. The molecule has 0 fully saturated rings. The van der Waals surface area contributed by atoms with Crippen molar-refractivity contribution in [2.45, 2.75) is 6.92 Å². The molecule has 1 heterocycles. The highest BCUT2D eigenvalue weighted by atomic mass is 16.5. The molecule has 1 aromatic rings. The van der Waals surface area contributed by atoms with E-state index in [1.54, 1.807) is 13.0 Å². The fraction of sp³-hybridized carbons (Fsp3) is 0.125. The first-order valence-electron chi connectivity index (χ1n) is 3.73. The molecule has 1 aliphatic heterocycles. The Labute approximate surface area is 70.1 Å². The van der Waals surface area contributed by atoms with Crippen molar-refractivity contribution in [2.75, 3.05) is 5.32 Å². The average Bonchev–Trinajstić information content (AvgIpc) is 2.04. The molecule has 4 nitrogen and oxygen atoms in total. The predicted molar refractivity (Wildman–Crippen MR) is 47.2 cm³/mol. The number of hydrogen-bond donors (Lipinski definition) is 2. The van der Waals surface area contributed by atoms with E-state index in [9.17, 15) is 5.21 Å². The zero-order valence-corrected chi connectivity index (χ0v) is 6.66. The van der Waals surface area contributed by atoms with Crippen molar-refractivity contribution < 1.29 is 5.17 Å². The summed E-state index contributed by atoms with van der Waals surface area (Å²) in [5.74, 6) is 0.652. The largest absolute Gasteiger partial charge is 0.601 e. The van der Waals surface area contributed by atoms with Gasteiger partial charge in [0.25, 0.3) is 0 Å². The normalized spacial score (nSPS) is 20.8. The molecule has 0 bridgehead atoms. The van der Waals surface area contributed by atoms with Crippen molar-refractivity contribution in [3.63, 3.8) is 0 Å². The maximum absolute atomic E-state index is 11.3. The molecule has 0 saturated heterocycles. The Balaban J connectivity index is 2.48. The molecule has 0 amide bonds. The lowest BCUT2D eigenvalue weighted by Gasteiger charge is -2.23. The van der Waals surface area contributed by atoms with E-state index >= 15 is 0 Å². The van der Waals surface area contributed by atoms with Gasteiger partial charge in [0.05, 0.1) is 0 Å².